The van der Waals surface area contributed by atoms with Crippen molar-refractivity contribution in [1.29, 1.82) is 0 Å². The van der Waals surface area contributed by atoms with E-state index in [1.807, 2.05) is 0 Å². The first-order valence-electron chi connectivity index (χ1n) is 7.95. The van der Waals surface area contributed by atoms with Crippen LogP contribution < -0.4 is 0 Å². The van der Waals surface area contributed by atoms with Crippen LogP contribution in [0.2, 0.25) is 0 Å². The summed E-state index contributed by atoms with van der Waals surface area (Å²) in [4.78, 5) is 27.7. The SMILES string of the molecule is CC(C)(C)OC(=O)N(C(=O)OC(C)(C)C)N1CCC(CN=[N+]=[N-])C1. The highest BCUT2D eigenvalue weighted by atomic mass is 16.6. The number of ether oxygens (including phenoxy) is 2. The van der Waals surface area contributed by atoms with Gasteiger partial charge in [-0.3, -0.25) is 0 Å². The van der Waals surface area contributed by atoms with E-state index in [0.717, 1.165) is 5.01 Å². The van der Waals surface area contributed by atoms with Crippen molar-refractivity contribution in [2.24, 2.45) is 11.0 Å². The minimum Gasteiger partial charge on any atom is -0.442 e. The summed E-state index contributed by atoms with van der Waals surface area (Å²) < 4.78 is 10.7. The maximum atomic E-state index is 12.5. The summed E-state index contributed by atoms with van der Waals surface area (Å²) in [5.41, 5.74) is 6.95. The maximum Gasteiger partial charge on any atom is 0.435 e. The second-order valence-corrected chi connectivity index (χ2v) is 7.75. The normalized spacial score (nSPS) is 18.7. The van der Waals surface area contributed by atoms with Crippen LogP contribution in [0.5, 0.6) is 0 Å². The van der Waals surface area contributed by atoms with Crippen molar-refractivity contribution < 1.29 is 19.1 Å². The van der Waals surface area contributed by atoms with Crippen LogP contribution in [0.1, 0.15) is 48.0 Å². The van der Waals surface area contributed by atoms with Crippen LogP contribution in [-0.2, 0) is 9.47 Å². The molecule has 24 heavy (non-hydrogen) atoms. The fraction of sp³-hybridized carbons (Fsp3) is 0.867. The van der Waals surface area contributed by atoms with Crippen LogP contribution in [0.4, 0.5) is 9.59 Å². The summed E-state index contributed by atoms with van der Waals surface area (Å²) in [5.74, 6) is 0.0771. The van der Waals surface area contributed by atoms with Gasteiger partial charge in [0.25, 0.3) is 0 Å². The Morgan fingerprint density at radius 1 is 1.17 bits per heavy atom. The Hall–Kier alpha value is -1.99. The third-order valence-electron chi connectivity index (χ3n) is 3.08. The highest BCUT2D eigenvalue weighted by Crippen LogP contribution is 2.23. The third-order valence-corrected chi connectivity index (χ3v) is 3.08. The largest absolute Gasteiger partial charge is 0.442 e. The van der Waals surface area contributed by atoms with Crippen LogP contribution in [0.25, 0.3) is 10.4 Å². The zero-order valence-electron chi connectivity index (χ0n) is 15.3. The molecule has 0 aromatic rings. The highest BCUT2D eigenvalue weighted by Gasteiger charge is 2.38. The molecule has 2 amide bonds. The molecular formula is C15H27N5O4. The summed E-state index contributed by atoms with van der Waals surface area (Å²) >= 11 is 0. The van der Waals surface area contributed by atoms with Crippen molar-refractivity contribution in [1.82, 2.24) is 10.0 Å². The quantitative estimate of drug-likeness (QED) is 0.442. The van der Waals surface area contributed by atoms with E-state index >= 15 is 0 Å². The van der Waals surface area contributed by atoms with Gasteiger partial charge in [0.15, 0.2) is 0 Å². The second kappa shape index (κ2) is 7.72. The van der Waals surface area contributed by atoms with E-state index < -0.39 is 23.4 Å². The molecule has 1 saturated heterocycles. The zero-order valence-corrected chi connectivity index (χ0v) is 15.3. The molecule has 1 aliphatic rings. The van der Waals surface area contributed by atoms with Gasteiger partial charge < -0.3 is 9.47 Å². The number of azide groups is 1. The summed E-state index contributed by atoms with van der Waals surface area (Å²) in [6.45, 7) is 11.6. The smallest absolute Gasteiger partial charge is 0.435 e. The van der Waals surface area contributed by atoms with Crippen molar-refractivity contribution in [3.8, 4) is 0 Å². The molecule has 136 valence electrons. The molecule has 0 N–H and O–H groups in total. The maximum absolute atomic E-state index is 12.5. The molecule has 9 nitrogen and oxygen atoms in total. The second-order valence-electron chi connectivity index (χ2n) is 7.75. The van der Waals surface area contributed by atoms with Crippen LogP contribution in [-0.4, -0.2) is 53.0 Å². The van der Waals surface area contributed by atoms with Crippen molar-refractivity contribution in [3.05, 3.63) is 10.4 Å². The Morgan fingerprint density at radius 2 is 1.67 bits per heavy atom. The molecule has 0 aromatic heterocycles. The predicted molar refractivity (Wildman–Crippen MR) is 88.0 cm³/mol. The summed E-state index contributed by atoms with van der Waals surface area (Å²) in [6.07, 6.45) is -0.844. The molecule has 0 aromatic carbocycles. The van der Waals surface area contributed by atoms with Gasteiger partial charge in [-0.05, 0) is 59.4 Å². The van der Waals surface area contributed by atoms with Crippen LogP contribution in [0.3, 0.4) is 0 Å². The standard InChI is InChI=1S/C15H27N5O4/c1-14(2,3)23-12(21)20(13(22)24-15(4,5)6)19-8-7-11(10-19)9-17-18-16/h11H,7-10H2,1-6H3. The average molecular weight is 341 g/mol. The first kappa shape index (κ1) is 20.1. The lowest BCUT2D eigenvalue weighted by molar-refractivity contribution is -0.0545. The van der Waals surface area contributed by atoms with Gasteiger partial charge in [0, 0.05) is 24.5 Å². The lowest BCUT2D eigenvalue weighted by Crippen LogP contribution is -2.52. The number of carbonyl (C=O) groups excluding carboxylic acids is 2. The van der Waals surface area contributed by atoms with E-state index in [0.29, 0.717) is 26.1 Å². The summed E-state index contributed by atoms with van der Waals surface area (Å²) in [7, 11) is 0. The summed E-state index contributed by atoms with van der Waals surface area (Å²) in [5, 5.41) is 6.05. The van der Waals surface area contributed by atoms with E-state index in [4.69, 9.17) is 15.0 Å². The number of nitrogens with zero attached hydrogens (tertiary/aromatic N) is 5. The Kier molecular flexibility index (Phi) is 6.45. The van der Waals surface area contributed by atoms with Gasteiger partial charge in [-0.15, -0.1) is 5.01 Å². The number of rotatable bonds is 3. The lowest BCUT2D eigenvalue weighted by Gasteiger charge is -2.33. The average Bonchev–Trinajstić information content (AvgIpc) is 2.80. The molecule has 1 atom stereocenters. The fourth-order valence-corrected chi connectivity index (χ4v) is 2.21. The molecule has 1 heterocycles. The first-order chi connectivity index (χ1) is 10.9. The lowest BCUT2D eigenvalue weighted by atomic mass is 10.1. The minimum atomic E-state index is -0.777. The number of carbonyl (C=O) groups is 2. The van der Waals surface area contributed by atoms with Crippen LogP contribution in [0, 0.1) is 5.92 Å². The van der Waals surface area contributed by atoms with Gasteiger partial charge in [-0.2, -0.15) is 0 Å². The molecular weight excluding hydrogens is 314 g/mol. The van der Waals surface area contributed by atoms with Crippen LogP contribution in [0.15, 0.2) is 5.11 Å². The Balaban J connectivity index is 2.91. The summed E-state index contributed by atoms with van der Waals surface area (Å²) in [6, 6.07) is 0. The van der Waals surface area contributed by atoms with E-state index in [-0.39, 0.29) is 5.92 Å². The Bertz CT molecular complexity index is 489. The third kappa shape index (κ3) is 6.64. The van der Waals surface area contributed by atoms with E-state index in [9.17, 15) is 9.59 Å². The number of hydrogen-bond donors (Lipinski definition) is 0. The molecule has 0 spiro atoms. The molecule has 0 radical (unpaired) electrons. The van der Waals surface area contributed by atoms with Crippen molar-refractivity contribution >= 4 is 12.2 Å². The Labute approximate surface area is 142 Å². The zero-order chi connectivity index (χ0) is 18.5. The van der Waals surface area contributed by atoms with Gasteiger partial charge in [0.1, 0.15) is 11.2 Å². The molecule has 1 rings (SSSR count). The van der Waals surface area contributed by atoms with Gasteiger partial charge in [0.05, 0.1) is 0 Å². The molecule has 9 heteroatoms. The Morgan fingerprint density at radius 3 is 2.08 bits per heavy atom. The van der Waals surface area contributed by atoms with Crippen molar-refractivity contribution in [2.45, 2.75) is 59.2 Å². The van der Waals surface area contributed by atoms with E-state index in [2.05, 4.69) is 10.0 Å². The number of hydrazine groups is 1. The number of hydrogen-bond acceptors (Lipinski definition) is 6. The fourth-order valence-electron chi connectivity index (χ4n) is 2.21. The van der Waals surface area contributed by atoms with Crippen molar-refractivity contribution in [3.63, 3.8) is 0 Å². The predicted octanol–water partition coefficient (Wildman–Crippen LogP) is 3.71. The van der Waals surface area contributed by atoms with Crippen LogP contribution >= 0.6 is 0 Å². The molecule has 1 unspecified atom stereocenters. The molecule has 1 fully saturated rings. The van der Waals surface area contributed by atoms with Gasteiger partial charge >= 0.3 is 12.2 Å². The molecule has 0 saturated carbocycles. The van der Waals surface area contributed by atoms with E-state index in [1.165, 1.54) is 0 Å². The van der Waals surface area contributed by atoms with Gasteiger partial charge in [-0.25, -0.2) is 14.6 Å². The first-order valence-corrected chi connectivity index (χ1v) is 7.95. The molecule has 0 bridgehead atoms. The highest BCUT2D eigenvalue weighted by molar-refractivity contribution is 5.87. The number of amides is 2. The van der Waals surface area contributed by atoms with Gasteiger partial charge in [0.2, 0.25) is 0 Å². The topological polar surface area (TPSA) is 108 Å². The van der Waals surface area contributed by atoms with E-state index in [1.54, 1.807) is 46.6 Å². The molecule has 1 aliphatic heterocycles. The molecule has 0 aliphatic carbocycles. The van der Waals surface area contributed by atoms with Crippen molar-refractivity contribution in [2.75, 3.05) is 19.6 Å². The monoisotopic (exact) mass is 341 g/mol. The number of imide groups is 1. The van der Waals surface area contributed by atoms with Gasteiger partial charge in [-0.1, -0.05) is 5.11 Å². The minimum absolute atomic E-state index is 0.0771.